The van der Waals surface area contributed by atoms with Gasteiger partial charge in [0.15, 0.2) is 6.61 Å². The first kappa shape index (κ1) is 17.1. The van der Waals surface area contributed by atoms with Gasteiger partial charge >= 0.3 is 0 Å². The summed E-state index contributed by atoms with van der Waals surface area (Å²) in [6, 6.07) is 5.38. The zero-order valence-electron chi connectivity index (χ0n) is 11.5. The quantitative estimate of drug-likeness (QED) is 0.926. The molecule has 20 heavy (non-hydrogen) atoms. The lowest BCUT2D eigenvalue weighted by molar-refractivity contribution is -0.132. The number of carbonyl (C=O) groups is 1. The van der Waals surface area contributed by atoms with E-state index in [0.29, 0.717) is 23.2 Å². The molecular formula is C14H20Cl2N2O2. The highest BCUT2D eigenvalue weighted by molar-refractivity contribution is 6.31. The number of nitrogens with two attached hydrogens (primary N) is 1. The second-order valence-electron chi connectivity index (χ2n) is 4.93. The average Bonchev–Trinajstić information content (AvgIpc) is 2.88. The molecule has 1 heterocycles. The zero-order chi connectivity index (χ0) is 13.8. The molecule has 1 aliphatic heterocycles. The molecule has 0 radical (unpaired) electrons. The van der Waals surface area contributed by atoms with E-state index in [0.717, 1.165) is 25.1 Å². The summed E-state index contributed by atoms with van der Waals surface area (Å²) in [6.07, 6.45) is 0.988. The number of likely N-dealkylation sites (tertiary alicyclic amines) is 1. The molecule has 1 aliphatic rings. The van der Waals surface area contributed by atoms with Crippen LogP contribution in [0.5, 0.6) is 5.75 Å². The molecule has 6 heteroatoms. The van der Waals surface area contributed by atoms with Gasteiger partial charge in [-0.2, -0.15) is 0 Å². The van der Waals surface area contributed by atoms with Gasteiger partial charge in [0.05, 0.1) is 0 Å². The fraction of sp³-hybridized carbons (Fsp3) is 0.500. The van der Waals surface area contributed by atoms with Crippen molar-refractivity contribution in [3.8, 4) is 5.75 Å². The SMILES string of the molecule is Cc1cc(OCC(=O)N2CCC(CN)C2)ccc1Cl.Cl. The molecule has 0 spiro atoms. The lowest BCUT2D eigenvalue weighted by Gasteiger charge is -2.16. The molecule has 1 fully saturated rings. The molecule has 4 nitrogen and oxygen atoms in total. The Hall–Kier alpha value is -0.970. The average molecular weight is 319 g/mol. The Labute approximate surface area is 130 Å². The minimum absolute atomic E-state index is 0. The minimum atomic E-state index is 0. The molecule has 0 aromatic heterocycles. The molecule has 2 rings (SSSR count). The minimum Gasteiger partial charge on any atom is -0.484 e. The van der Waals surface area contributed by atoms with Crippen LogP contribution in [0.1, 0.15) is 12.0 Å². The van der Waals surface area contributed by atoms with Crippen molar-refractivity contribution >= 4 is 29.9 Å². The molecule has 0 saturated carbocycles. The van der Waals surface area contributed by atoms with Crippen molar-refractivity contribution in [1.82, 2.24) is 4.90 Å². The van der Waals surface area contributed by atoms with Gasteiger partial charge < -0.3 is 15.4 Å². The summed E-state index contributed by atoms with van der Waals surface area (Å²) in [5.74, 6) is 1.12. The van der Waals surface area contributed by atoms with Crippen LogP contribution in [0.4, 0.5) is 0 Å². The second kappa shape index (κ2) is 7.72. The van der Waals surface area contributed by atoms with Crippen LogP contribution in [0.3, 0.4) is 0 Å². The molecule has 1 amide bonds. The Kier molecular flexibility index (Phi) is 6.59. The number of hydrogen-bond donors (Lipinski definition) is 1. The molecular weight excluding hydrogens is 299 g/mol. The van der Waals surface area contributed by atoms with Crippen molar-refractivity contribution in [2.75, 3.05) is 26.2 Å². The number of carbonyl (C=O) groups excluding carboxylic acids is 1. The third kappa shape index (κ3) is 4.27. The summed E-state index contributed by atoms with van der Waals surface area (Å²) in [4.78, 5) is 13.8. The maximum absolute atomic E-state index is 12.0. The number of halogens is 2. The van der Waals surface area contributed by atoms with Gasteiger partial charge in [0.25, 0.3) is 5.91 Å². The number of rotatable bonds is 4. The van der Waals surface area contributed by atoms with Crippen LogP contribution >= 0.6 is 24.0 Å². The highest BCUT2D eigenvalue weighted by Gasteiger charge is 2.25. The van der Waals surface area contributed by atoms with Gasteiger partial charge in [-0.25, -0.2) is 0 Å². The van der Waals surface area contributed by atoms with E-state index in [9.17, 15) is 4.79 Å². The van der Waals surface area contributed by atoms with Crippen LogP contribution in [-0.4, -0.2) is 37.0 Å². The van der Waals surface area contributed by atoms with Crippen LogP contribution in [-0.2, 0) is 4.79 Å². The van der Waals surface area contributed by atoms with Gasteiger partial charge in [-0.3, -0.25) is 4.79 Å². The van der Waals surface area contributed by atoms with Crippen molar-refractivity contribution in [3.63, 3.8) is 0 Å². The second-order valence-corrected chi connectivity index (χ2v) is 5.34. The Morgan fingerprint density at radius 2 is 2.30 bits per heavy atom. The zero-order valence-corrected chi connectivity index (χ0v) is 13.0. The van der Waals surface area contributed by atoms with E-state index in [1.807, 2.05) is 17.9 Å². The van der Waals surface area contributed by atoms with Crippen LogP contribution in [0, 0.1) is 12.8 Å². The summed E-state index contributed by atoms with van der Waals surface area (Å²) in [6.45, 7) is 4.14. The standard InChI is InChI=1S/C14H19ClN2O2.ClH/c1-10-6-12(2-3-13(10)15)19-9-14(18)17-5-4-11(7-16)8-17;/h2-3,6,11H,4-5,7-9,16H2,1H3;1H. The van der Waals surface area contributed by atoms with Crippen molar-refractivity contribution in [2.45, 2.75) is 13.3 Å². The highest BCUT2D eigenvalue weighted by Crippen LogP contribution is 2.21. The van der Waals surface area contributed by atoms with Crippen LogP contribution in [0.15, 0.2) is 18.2 Å². The lowest BCUT2D eigenvalue weighted by Crippen LogP contribution is -2.33. The van der Waals surface area contributed by atoms with Gasteiger partial charge in [-0.05, 0) is 49.6 Å². The normalized spacial score (nSPS) is 17.8. The van der Waals surface area contributed by atoms with E-state index in [1.165, 1.54) is 0 Å². The maximum atomic E-state index is 12.0. The van der Waals surface area contributed by atoms with E-state index < -0.39 is 0 Å². The van der Waals surface area contributed by atoms with Crippen LogP contribution in [0.2, 0.25) is 5.02 Å². The van der Waals surface area contributed by atoms with E-state index in [2.05, 4.69) is 0 Å². The van der Waals surface area contributed by atoms with Gasteiger partial charge in [0.1, 0.15) is 5.75 Å². The van der Waals surface area contributed by atoms with Crippen molar-refractivity contribution in [2.24, 2.45) is 11.7 Å². The Morgan fingerprint density at radius 1 is 1.55 bits per heavy atom. The number of benzene rings is 1. The number of hydrogen-bond acceptors (Lipinski definition) is 3. The van der Waals surface area contributed by atoms with Gasteiger partial charge in [-0.15, -0.1) is 12.4 Å². The van der Waals surface area contributed by atoms with E-state index >= 15 is 0 Å². The first-order chi connectivity index (χ1) is 9.10. The molecule has 1 aromatic rings. The van der Waals surface area contributed by atoms with Gasteiger partial charge in [0, 0.05) is 18.1 Å². The molecule has 0 bridgehead atoms. The number of nitrogens with zero attached hydrogens (tertiary/aromatic N) is 1. The molecule has 112 valence electrons. The summed E-state index contributed by atoms with van der Waals surface area (Å²) in [5.41, 5.74) is 6.55. The molecule has 1 unspecified atom stereocenters. The van der Waals surface area contributed by atoms with Crippen LogP contribution in [0.25, 0.3) is 0 Å². The van der Waals surface area contributed by atoms with Crippen molar-refractivity contribution in [3.05, 3.63) is 28.8 Å². The van der Waals surface area contributed by atoms with Gasteiger partial charge in [0.2, 0.25) is 0 Å². The summed E-state index contributed by atoms with van der Waals surface area (Å²) in [5, 5.41) is 0.698. The number of amides is 1. The Bertz CT molecular complexity index is 468. The van der Waals surface area contributed by atoms with E-state index in [1.54, 1.807) is 12.1 Å². The first-order valence-electron chi connectivity index (χ1n) is 6.47. The van der Waals surface area contributed by atoms with Crippen molar-refractivity contribution in [1.29, 1.82) is 0 Å². The maximum Gasteiger partial charge on any atom is 0.260 e. The molecule has 0 aliphatic carbocycles. The predicted molar refractivity (Wildman–Crippen MR) is 82.7 cm³/mol. The topological polar surface area (TPSA) is 55.6 Å². The highest BCUT2D eigenvalue weighted by atomic mass is 35.5. The smallest absolute Gasteiger partial charge is 0.260 e. The van der Waals surface area contributed by atoms with Crippen LogP contribution < -0.4 is 10.5 Å². The monoisotopic (exact) mass is 318 g/mol. The summed E-state index contributed by atoms with van der Waals surface area (Å²) in [7, 11) is 0. The van der Waals surface area contributed by atoms with E-state index in [4.69, 9.17) is 22.1 Å². The van der Waals surface area contributed by atoms with Crippen molar-refractivity contribution < 1.29 is 9.53 Å². The summed E-state index contributed by atoms with van der Waals surface area (Å²) < 4.78 is 5.50. The third-order valence-electron chi connectivity index (χ3n) is 3.46. The van der Waals surface area contributed by atoms with E-state index in [-0.39, 0.29) is 24.9 Å². The number of aryl methyl sites for hydroxylation is 1. The molecule has 1 atom stereocenters. The Morgan fingerprint density at radius 3 is 2.90 bits per heavy atom. The first-order valence-corrected chi connectivity index (χ1v) is 6.84. The lowest BCUT2D eigenvalue weighted by atomic mass is 10.1. The number of ether oxygens (including phenoxy) is 1. The third-order valence-corrected chi connectivity index (χ3v) is 3.89. The molecule has 1 aromatic carbocycles. The molecule has 1 saturated heterocycles. The largest absolute Gasteiger partial charge is 0.484 e. The fourth-order valence-corrected chi connectivity index (χ4v) is 2.31. The summed E-state index contributed by atoms with van der Waals surface area (Å²) >= 11 is 5.94. The molecule has 2 N–H and O–H groups in total. The fourth-order valence-electron chi connectivity index (χ4n) is 2.19. The Balaban J connectivity index is 0.00000200. The van der Waals surface area contributed by atoms with Gasteiger partial charge in [-0.1, -0.05) is 11.6 Å². The predicted octanol–water partition coefficient (Wildman–Crippen LogP) is 2.26.